The summed E-state index contributed by atoms with van der Waals surface area (Å²) in [4.78, 5) is 18.5. The van der Waals surface area contributed by atoms with E-state index in [1.165, 1.54) is 12.8 Å². The maximum absolute atomic E-state index is 12.4. The molecule has 2 unspecified atom stereocenters. The van der Waals surface area contributed by atoms with Crippen molar-refractivity contribution in [3.63, 3.8) is 0 Å². The Balaban J connectivity index is 0.000001000. The zero-order valence-corrected chi connectivity index (χ0v) is 13.2. The average molecular weight is 318 g/mol. The van der Waals surface area contributed by atoms with Gasteiger partial charge in [0, 0.05) is 37.6 Å². The number of hydrogen-bond acceptors (Lipinski definition) is 3. The number of nitrogens with zero attached hydrogens (tertiary/aromatic N) is 2. The van der Waals surface area contributed by atoms with E-state index in [1.54, 1.807) is 12.4 Å². The van der Waals surface area contributed by atoms with E-state index in [0.717, 1.165) is 25.1 Å². The van der Waals surface area contributed by atoms with E-state index in [4.69, 9.17) is 0 Å². The lowest BCUT2D eigenvalue weighted by molar-refractivity contribution is 0.0747. The molecule has 20 heavy (non-hydrogen) atoms. The van der Waals surface area contributed by atoms with E-state index in [0.29, 0.717) is 17.6 Å². The summed E-state index contributed by atoms with van der Waals surface area (Å²) >= 11 is 0. The molecule has 6 heteroatoms. The maximum Gasteiger partial charge on any atom is 0.255 e. The fourth-order valence-corrected chi connectivity index (χ4v) is 2.98. The van der Waals surface area contributed by atoms with Crippen molar-refractivity contribution in [3.8, 4) is 0 Å². The number of carbonyl (C=O) groups excluding carboxylic acids is 1. The van der Waals surface area contributed by atoms with Gasteiger partial charge in [0.05, 0.1) is 5.56 Å². The molecule has 1 aromatic heterocycles. The third kappa shape index (κ3) is 3.62. The zero-order valence-electron chi connectivity index (χ0n) is 11.5. The monoisotopic (exact) mass is 317 g/mol. The number of halogens is 2. The van der Waals surface area contributed by atoms with Crippen LogP contribution in [0.25, 0.3) is 0 Å². The van der Waals surface area contributed by atoms with Crippen LogP contribution in [0.3, 0.4) is 0 Å². The molecule has 2 saturated heterocycles. The van der Waals surface area contributed by atoms with E-state index < -0.39 is 0 Å². The van der Waals surface area contributed by atoms with Crippen LogP contribution in [0.4, 0.5) is 0 Å². The Kier molecular flexibility index (Phi) is 6.24. The van der Waals surface area contributed by atoms with Crippen LogP contribution in [-0.4, -0.2) is 41.0 Å². The molecule has 112 valence electrons. The normalized spacial score (nSPS) is 24.4. The van der Waals surface area contributed by atoms with Crippen LogP contribution < -0.4 is 5.32 Å². The minimum atomic E-state index is 0. The van der Waals surface area contributed by atoms with Crippen LogP contribution >= 0.6 is 24.8 Å². The first-order chi connectivity index (χ1) is 8.72. The van der Waals surface area contributed by atoms with Gasteiger partial charge in [-0.25, -0.2) is 0 Å². The van der Waals surface area contributed by atoms with Crippen LogP contribution in [0.5, 0.6) is 0 Å². The van der Waals surface area contributed by atoms with Crippen molar-refractivity contribution in [3.05, 3.63) is 29.6 Å². The Morgan fingerprint density at radius 1 is 1.25 bits per heavy atom. The SMILES string of the molecule is Cc1cncc(C(=O)N2CCC3CCC(C2)N3)c1.Cl.Cl. The minimum absolute atomic E-state index is 0. The van der Waals surface area contributed by atoms with E-state index in [9.17, 15) is 4.79 Å². The highest BCUT2D eigenvalue weighted by molar-refractivity contribution is 5.94. The fourth-order valence-electron chi connectivity index (χ4n) is 2.98. The fraction of sp³-hybridized carbons (Fsp3) is 0.571. The van der Waals surface area contributed by atoms with Crippen molar-refractivity contribution < 1.29 is 4.79 Å². The Hall–Kier alpha value is -0.840. The number of aryl methyl sites for hydroxylation is 1. The van der Waals surface area contributed by atoms with E-state index in [1.807, 2.05) is 17.9 Å². The molecule has 2 atom stereocenters. The van der Waals surface area contributed by atoms with Gasteiger partial charge in [-0.2, -0.15) is 0 Å². The van der Waals surface area contributed by atoms with Crippen LogP contribution in [0, 0.1) is 6.92 Å². The highest BCUT2D eigenvalue weighted by atomic mass is 35.5. The summed E-state index contributed by atoms with van der Waals surface area (Å²) in [5.41, 5.74) is 1.75. The number of amides is 1. The summed E-state index contributed by atoms with van der Waals surface area (Å²) in [7, 11) is 0. The van der Waals surface area contributed by atoms with Crippen molar-refractivity contribution in [2.75, 3.05) is 13.1 Å². The first-order valence-corrected chi connectivity index (χ1v) is 6.69. The molecule has 0 aromatic carbocycles. The molecule has 2 fully saturated rings. The lowest BCUT2D eigenvalue weighted by atomic mass is 10.1. The number of fused-ring (bicyclic) bond motifs is 2. The lowest BCUT2D eigenvalue weighted by Crippen LogP contribution is -2.39. The van der Waals surface area contributed by atoms with Gasteiger partial charge in [0.1, 0.15) is 0 Å². The third-order valence-corrected chi connectivity index (χ3v) is 3.93. The molecule has 0 aliphatic carbocycles. The van der Waals surface area contributed by atoms with Gasteiger partial charge < -0.3 is 10.2 Å². The number of rotatable bonds is 1. The summed E-state index contributed by atoms with van der Waals surface area (Å²) in [6.07, 6.45) is 6.98. The Bertz CT molecular complexity index is 469. The molecule has 1 amide bonds. The number of pyridine rings is 1. The number of aromatic nitrogens is 1. The van der Waals surface area contributed by atoms with E-state index >= 15 is 0 Å². The van der Waals surface area contributed by atoms with Crippen LogP contribution in [-0.2, 0) is 0 Å². The van der Waals surface area contributed by atoms with Crippen LogP contribution in [0.15, 0.2) is 18.5 Å². The molecule has 2 aliphatic rings. The quantitative estimate of drug-likeness (QED) is 0.863. The van der Waals surface area contributed by atoms with Gasteiger partial charge in [-0.1, -0.05) is 0 Å². The lowest BCUT2D eigenvalue weighted by Gasteiger charge is -2.24. The smallest absolute Gasteiger partial charge is 0.255 e. The Morgan fingerprint density at radius 3 is 2.75 bits per heavy atom. The Labute approximate surface area is 132 Å². The van der Waals surface area contributed by atoms with Crippen molar-refractivity contribution in [1.82, 2.24) is 15.2 Å². The highest BCUT2D eigenvalue weighted by Gasteiger charge is 2.31. The third-order valence-electron chi connectivity index (χ3n) is 3.93. The van der Waals surface area contributed by atoms with Crippen molar-refractivity contribution >= 4 is 30.7 Å². The van der Waals surface area contributed by atoms with Gasteiger partial charge in [0.25, 0.3) is 5.91 Å². The highest BCUT2D eigenvalue weighted by Crippen LogP contribution is 2.21. The van der Waals surface area contributed by atoms with Gasteiger partial charge >= 0.3 is 0 Å². The van der Waals surface area contributed by atoms with Crippen molar-refractivity contribution in [1.29, 1.82) is 0 Å². The predicted molar refractivity (Wildman–Crippen MR) is 83.9 cm³/mol. The zero-order chi connectivity index (χ0) is 12.5. The van der Waals surface area contributed by atoms with Gasteiger partial charge in [-0.15, -0.1) is 24.8 Å². The second kappa shape index (κ2) is 7.25. The molecule has 2 bridgehead atoms. The average Bonchev–Trinajstić information content (AvgIpc) is 2.68. The van der Waals surface area contributed by atoms with Gasteiger partial charge in [-0.3, -0.25) is 9.78 Å². The summed E-state index contributed by atoms with van der Waals surface area (Å²) in [5.74, 6) is 0.126. The molecular weight excluding hydrogens is 297 g/mol. The minimum Gasteiger partial charge on any atom is -0.337 e. The van der Waals surface area contributed by atoms with Crippen molar-refractivity contribution in [2.45, 2.75) is 38.3 Å². The molecule has 3 rings (SSSR count). The van der Waals surface area contributed by atoms with Crippen LogP contribution in [0.1, 0.15) is 35.2 Å². The summed E-state index contributed by atoms with van der Waals surface area (Å²) in [6, 6.07) is 3.02. The first-order valence-electron chi connectivity index (χ1n) is 6.69. The molecule has 0 spiro atoms. The van der Waals surface area contributed by atoms with Gasteiger partial charge in [0.15, 0.2) is 0 Å². The topological polar surface area (TPSA) is 45.2 Å². The molecule has 0 radical (unpaired) electrons. The van der Waals surface area contributed by atoms with Gasteiger partial charge in [-0.05, 0) is 37.8 Å². The van der Waals surface area contributed by atoms with E-state index in [-0.39, 0.29) is 30.7 Å². The predicted octanol–water partition coefficient (Wildman–Crippen LogP) is 2.20. The standard InChI is InChI=1S/C14H19N3O.2ClH/c1-10-6-11(8-15-7-10)14(18)17-5-4-12-2-3-13(9-17)16-12;;/h6-8,12-13,16H,2-5,9H2,1H3;2*1H. The molecule has 0 saturated carbocycles. The molecule has 2 aliphatic heterocycles. The van der Waals surface area contributed by atoms with E-state index in [2.05, 4.69) is 10.3 Å². The number of hydrogen-bond donors (Lipinski definition) is 1. The summed E-state index contributed by atoms with van der Waals surface area (Å²) in [6.45, 7) is 3.67. The van der Waals surface area contributed by atoms with Crippen molar-refractivity contribution in [2.24, 2.45) is 0 Å². The maximum atomic E-state index is 12.4. The molecule has 1 N–H and O–H groups in total. The number of likely N-dealkylation sites (tertiary alicyclic amines) is 1. The van der Waals surface area contributed by atoms with Crippen LogP contribution in [0.2, 0.25) is 0 Å². The number of carbonyl (C=O) groups is 1. The second-order valence-corrected chi connectivity index (χ2v) is 5.43. The molecule has 4 nitrogen and oxygen atoms in total. The van der Waals surface area contributed by atoms with Gasteiger partial charge in [0.2, 0.25) is 0 Å². The first kappa shape index (κ1) is 17.2. The molecule has 1 aromatic rings. The largest absolute Gasteiger partial charge is 0.337 e. The second-order valence-electron chi connectivity index (χ2n) is 5.43. The summed E-state index contributed by atoms with van der Waals surface area (Å²) in [5, 5.41) is 3.59. The summed E-state index contributed by atoms with van der Waals surface area (Å²) < 4.78 is 0. The Morgan fingerprint density at radius 2 is 2.00 bits per heavy atom. The number of nitrogens with one attached hydrogen (secondary N) is 1. The molecular formula is C14H21Cl2N3O. The molecule has 3 heterocycles.